The van der Waals surface area contributed by atoms with Crippen LogP contribution >= 0.6 is 11.3 Å². The third-order valence-corrected chi connectivity index (χ3v) is 5.45. The van der Waals surface area contributed by atoms with Crippen LogP contribution in [-0.2, 0) is 0 Å². The normalized spacial score (nSPS) is 11.4. The van der Waals surface area contributed by atoms with E-state index in [0.29, 0.717) is 18.2 Å². The van der Waals surface area contributed by atoms with Crippen LogP contribution in [0.25, 0.3) is 10.2 Å². The van der Waals surface area contributed by atoms with Crippen LogP contribution in [0.15, 0.2) is 30.3 Å². The minimum atomic E-state index is -1.04. The highest BCUT2D eigenvalue weighted by molar-refractivity contribution is 7.22. The van der Waals surface area contributed by atoms with Gasteiger partial charge in [-0.1, -0.05) is 17.4 Å². The molecule has 0 saturated heterocycles. The summed E-state index contributed by atoms with van der Waals surface area (Å²) in [6.07, 6.45) is 0. The van der Waals surface area contributed by atoms with E-state index >= 15 is 0 Å². The number of carbonyl (C=O) groups excluding carboxylic acids is 1. The molecule has 3 rings (SSSR count). The highest BCUT2D eigenvalue weighted by atomic mass is 32.1. The van der Waals surface area contributed by atoms with Crippen LogP contribution in [0.2, 0.25) is 0 Å². The lowest BCUT2D eigenvalue weighted by molar-refractivity contribution is 0.0984. The van der Waals surface area contributed by atoms with Crippen LogP contribution in [-0.4, -0.2) is 43.0 Å². The quantitative estimate of drug-likeness (QED) is 0.649. The number of fused-ring (bicyclic) bond motifs is 1. The van der Waals surface area contributed by atoms with Crippen molar-refractivity contribution < 1.29 is 13.6 Å². The molecule has 1 heterocycles. The number of aryl methyl sites for hydroxylation is 2. The number of rotatable bonds is 5. The zero-order valence-corrected chi connectivity index (χ0v) is 16.5. The second-order valence-corrected chi connectivity index (χ2v) is 7.79. The van der Waals surface area contributed by atoms with Gasteiger partial charge in [-0.15, -0.1) is 0 Å². The summed E-state index contributed by atoms with van der Waals surface area (Å²) in [5.74, 6) is -2.41. The molecular formula is C20H21F2N3OS. The molecule has 0 aliphatic heterocycles. The Morgan fingerprint density at radius 3 is 2.48 bits per heavy atom. The van der Waals surface area contributed by atoms with Crippen LogP contribution in [0.4, 0.5) is 13.9 Å². The Morgan fingerprint density at radius 1 is 1.07 bits per heavy atom. The van der Waals surface area contributed by atoms with E-state index in [1.807, 2.05) is 38.9 Å². The average molecular weight is 389 g/mol. The van der Waals surface area contributed by atoms with E-state index in [1.165, 1.54) is 22.3 Å². The first-order valence-electron chi connectivity index (χ1n) is 8.55. The van der Waals surface area contributed by atoms with Gasteiger partial charge in [-0.25, -0.2) is 13.8 Å². The SMILES string of the molecule is Cc1cc(C)c2sc(N(CCN(C)C)C(=O)c3ccc(F)c(F)c3)nc2c1. The van der Waals surface area contributed by atoms with Crippen LogP contribution in [0.1, 0.15) is 21.5 Å². The van der Waals surface area contributed by atoms with Crippen molar-refractivity contribution >= 4 is 32.6 Å². The molecule has 1 aromatic heterocycles. The van der Waals surface area contributed by atoms with Gasteiger partial charge in [0.15, 0.2) is 16.8 Å². The Balaban J connectivity index is 2.03. The molecule has 0 radical (unpaired) electrons. The van der Waals surface area contributed by atoms with Gasteiger partial charge >= 0.3 is 0 Å². The molecule has 0 saturated carbocycles. The van der Waals surface area contributed by atoms with Gasteiger partial charge in [0.1, 0.15) is 0 Å². The molecule has 0 atom stereocenters. The van der Waals surface area contributed by atoms with E-state index < -0.39 is 17.5 Å². The van der Waals surface area contributed by atoms with Gasteiger partial charge in [-0.3, -0.25) is 9.69 Å². The second-order valence-electron chi connectivity index (χ2n) is 6.82. The topological polar surface area (TPSA) is 36.4 Å². The zero-order chi connectivity index (χ0) is 19.7. The van der Waals surface area contributed by atoms with Gasteiger partial charge in [0.05, 0.1) is 10.2 Å². The van der Waals surface area contributed by atoms with Crippen molar-refractivity contribution in [2.75, 3.05) is 32.1 Å². The van der Waals surface area contributed by atoms with Gasteiger partial charge in [-0.2, -0.15) is 0 Å². The van der Waals surface area contributed by atoms with Gasteiger partial charge in [0, 0.05) is 18.7 Å². The molecular weight excluding hydrogens is 368 g/mol. The first-order chi connectivity index (χ1) is 12.8. The minimum absolute atomic E-state index is 0.0971. The molecule has 0 aliphatic carbocycles. The third-order valence-electron chi connectivity index (χ3n) is 4.22. The van der Waals surface area contributed by atoms with E-state index in [4.69, 9.17) is 0 Å². The van der Waals surface area contributed by atoms with Crippen LogP contribution in [0.5, 0.6) is 0 Å². The van der Waals surface area contributed by atoms with Crippen molar-refractivity contribution in [3.8, 4) is 0 Å². The predicted octanol–water partition coefficient (Wildman–Crippen LogP) is 4.40. The molecule has 7 heteroatoms. The number of nitrogens with zero attached hydrogens (tertiary/aromatic N) is 3. The maximum atomic E-state index is 13.6. The number of hydrogen-bond acceptors (Lipinski definition) is 4. The summed E-state index contributed by atoms with van der Waals surface area (Å²) in [4.78, 5) is 21.2. The number of carbonyl (C=O) groups is 1. The maximum Gasteiger partial charge on any atom is 0.260 e. The van der Waals surface area contributed by atoms with Gasteiger partial charge in [-0.05, 0) is 63.3 Å². The Morgan fingerprint density at radius 2 is 1.81 bits per heavy atom. The molecule has 4 nitrogen and oxygen atoms in total. The summed E-state index contributed by atoms with van der Waals surface area (Å²) >= 11 is 1.43. The standard InChI is InChI=1S/C20H21F2N3OS/c1-12-9-13(2)18-17(10-12)23-20(27-18)25(8-7-24(3)4)19(26)14-5-6-15(21)16(22)11-14/h5-6,9-11H,7-8H2,1-4H3. The van der Waals surface area contributed by atoms with E-state index in [9.17, 15) is 13.6 Å². The molecule has 0 unspecified atom stereocenters. The van der Waals surface area contributed by atoms with Crippen molar-refractivity contribution in [1.82, 2.24) is 9.88 Å². The van der Waals surface area contributed by atoms with Gasteiger partial charge in [0.25, 0.3) is 5.91 Å². The molecule has 3 aromatic rings. The van der Waals surface area contributed by atoms with Crippen LogP contribution in [0.3, 0.4) is 0 Å². The lowest BCUT2D eigenvalue weighted by Crippen LogP contribution is -2.36. The second kappa shape index (κ2) is 7.70. The fourth-order valence-corrected chi connectivity index (χ4v) is 3.89. The maximum absolute atomic E-state index is 13.6. The zero-order valence-electron chi connectivity index (χ0n) is 15.7. The fraction of sp³-hybridized carbons (Fsp3) is 0.300. The molecule has 0 spiro atoms. The van der Waals surface area contributed by atoms with Gasteiger partial charge < -0.3 is 4.90 Å². The molecule has 1 amide bonds. The summed E-state index contributed by atoms with van der Waals surface area (Å²) < 4.78 is 27.9. The first kappa shape index (κ1) is 19.4. The van der Waals surface area contributed by atoms with E-state index in [-0.39, 0.29) is 5.56 Å². The molecule has 0 N–H and O–H groups in total. The van der Waals surface area contributed by atoms with Crippen LogP contribution < -0.4 is 4.90 Å². The average Bonchev–Trinajstić information content (AvgIpc) is 3.01. The fourth-order valence-electron chi connectivity index (χ4n) is 2.85. The van der Waals surface area contributed by atoms with Crippen molar-refractivity contribution in [3.05, 3.63) is 58.7 Å². The number of halogens is 2. The highest BCUT2D eigenvalue weighted by Gasteiger charge is 2.23. The number of likely N-dealkylation sites (N-methyl/N-ethyl adjacent to an activating group) is 1. The van der Waals surface area contributed by atoms with Crippen molar-refractivity contribution in [1.29, 1.82) is 0 Å². The van der Waals surface area contributed by atoms with Crippen molar-refractivity contribution in [2.45, 2.75) is 13.8 Å². The minimum Gasteiger partial charge on any atom is -0.308 e. The Bertz CT molecular complexity index is 1000. The number of thiazole rings is 1. The molecule has 27 heavy (non-hydrogen) atoms. The summed E-state index contributed by atoms with van der Waals surface area (Å²) in [5.41, 5.74) is 3.13. The molecule has 0 bridgehead atoms. The monoisotopic (exact) mass is 389 g/mol. The Labute approximate surface area is 161 Å². The largest absolute Gasteiger partial charge is 0.308 e. The van der Waals surface area contributed by atoms with Crippen molar-refractivity contribution in [3.63, 3.8) is 0 Å². The summed E-state index contributed by atoms with van der Waals surface area (Å²) in [6, 6.07) is 7.26. The van der Waals surface area contributed by atoms with E-state index in [2.05, 4.69) is 11.1 Å². The number of aromatic nitrogens is 1. The summed E-state index contributed by atoms with van der Waals surface area (Å²) in [7, 11) is 3.82. The number of hydrogen-bond donors (Lipinski definition) is 0. The molecule has 0 aliphatic rings. The lowest BCUT2D eigenvalue weighted by atomic mass is 10.1. The Hall–Kier alpha value is -2.38. The van der Waals surface area contributed by atoms with Gasteiger partial charge in [0.2, 0.25) is 0 Å². The number of benzene rings is 2. The molecule has 2 aromatic carbocycles. The lowest BCUT2D eigenvalue weighted by Gasteiger charge is -2.22. The Kier molecular flexibility index (Phi) is 5.53. The number of amides is 1. The molecule has 142 valence electrons. The third kappa shape index (κ3) is 4.14. The summed E-state index contributed by atoms with van der Waals surface area (Å²) in [6.45, 7) is 5.02. The predicted molar refractivity (Wildman–Crippen MR) is 106 cm³/mol. The number of anilines is 1. The highest BCUT2D eigenvalue weighted by Crippen LogP contribution is 2.32. The summed E-state index contributed by atoms with van der Waals surface area (Å²) in [5, 5.41) is 0.551. The van der Waals surface area contributed by atoms with Crippen molar-refractivity contribution in [2.24, 2.45) is 0 Å². The van der Waals surface area contributed by atoms with Crippen LogP contribution in [0, 0.1) is 25.5 Å². The first-order valence-corrected chi connectivity index (χ1v) is 9.37. The smallest absolute Gasteiger partial charge is 0.260 e. The van der Waals surface area contributed by atoms with E-state index in [0.717, 1.165) is 33.5 Å². The molecule has 0 fully saturated rings. The van der Waals surface area contributed by atoms with E-state index in [1.54, 1.807) is 0 Å².